The van der Waals surface area contributed by atoms with Gasteiger partial charge in [0.1, 0.15) is 4.99 Å². The van der Waals surface area contributed by atoms with E-state index in [9.17, 15) is 0 Å². The van der Waals surface area contributed by atoms with E-state index >= 15 is 0 Å². The third-order valence-corrected chi connectivity index (χ3v) is 3.96. The van der Waals surface area contributed by atoms with E-state index in [0.29, 0.717) is 11.0 Å². The number of hydrogen-bond acceptors (Lipinski definition) is 3. The lowest BCUT2D eigenvalue weighted by molar-refractivity contribution is 0.372. The Balaban J connectivity index is 2.37. The number of aryl methyl sites for hydroxylation is 1. The average molecular weight is 277 g/mol. The van der Waals surface area contributed by atoms with Gasteiger partial charge in [-0.2, -0.15) is 0 Å². The van der Waals surface area contributed by atoms with E-state index in [1.165, 1.54) is 24.1 Å². The first-order valence-electron chi connectivity index (χ1n) is 6.81. The number of anilines is 1. The molecular weight excluding hydrogens is 254 g/mol. The summed E-state index contributed by atoms with van der Waals surface area (Å²) >= 11 is 5.21. The third kappa shape index (κ3) is 3.07. The van der Waals surface area contributed by atoms with E-state index in [1.54, 1.807) is 0 Å². The summed E-state index contributed by atoms with van der Waals surface area (Å²) in [6, 6.07) is 6.77. The van der Waals surface area contributed by atoms with Crippen molar-refractivity contribution in [3.63, 3.8) is 0 Å². The van der Waals surface area contributed by atoms with E-state index < -0.39 is 0 Å². The molecular formula is C15H23N3S. The Morgan fingerprint density at radius 1 is 1.47 bits per heavy atom. The van der Waals surface area contributed by atoms with E-state index in [0.717, 1.165) is 18.7 Å². The Labute approximate surface area is 121 Å². The van der Waals surface area contributed by atoms with Gasteiger partial charge >= 0.3 is 0 Å². The Morgan fingerprint density at radius 3 is 2.84 bits per heavy atom. The average Bonchev–Trinajstić information content (AvgIpc) is 2.75. The molecule has 0 aliphatic carbocycles. The second kappa shape index (κ2) is 5.88. The van der Waals surface area contributed by atoms with Gasteiger partial charge in [0.05, 0.1) is 5.69 Å². The lowest BCUT2D eigenvalue weighted by Gasteiger charge is -2.31. The summed E-state index contributed by atoms with van der Waals surface area (Å²) in [4.78, 5) is 5.24. The fourth-order valence-electron chi connectivity index (χ4n) is 2.98. The summed E-state index contributed by atoms with van der Waals surface area (Å²) in [5, 5.41) is 0. The van der Waals surface area contributed by atoms with Crippen LogP contribution in [0.2, 0.25) is 0 Å². The molecule has 2 rings (SSSR count). The summed E-state index contributed by atoms with van der Waals surface area (Å²) in [6.45, 7) is 4.31. The highest BCUT2D eigenvalue weighted by Gasteiger charge is 2.28. The van der Waals surface area contributed by atoms with Crippen LogP contribution in [0.25, 0.3) is 0 Å². The Bertz CT molecular complexity index is 470. The molecule has 19 heavy (non-hydrogen) atoms. The van der Waals surface area contributed by atoms with Gasteiger partial charge in [0.25, 0.3) is 0 Å². The highest BCUT2D eigenvalue weighted by atomic mass is 32.1. The predicted octanol–water partition coefficient (Wildman–Crippen LogP) is 2.16. The molecule has 0 amide bonds. The number of benzene rings is 1. The number of para-hydroxylation sites is 1. The van der Waals surface area contributed by atoms with Crippen LogP contribution in [0.15, 0.2) is 18.2 Å². The highest BCUT2D eigenvalue weighted by molar-refractivity contribution is 7.80. The molecule has 104 valence electrons. The van der Waals surface area contributed by atoms with Crippen LogP contribution in [0.5, 0.6) is 0 Å². The maximum Gasteiger partial charge on any atom is 0.106 e. The van der Waals surface area contributed by atoms with Crippen molar-refractivity contribution in [2.75, 3.05) is 32.1 Å². The van der Waals surface area contributed by atoms with Crippen LogP contribution in [0, 0.1) is 6.92 Å². The molecule has 1 unspecified atom stereocenters. The van der Waals surface area contributed by atoms with Crippen molar-refractivity contribution < 1.29 is 0 Å². The molecule has 2 N–H and O–H groups in total. The molecule has 1 heterocycles. The molecule has 1 aliphatic rings. The number of likely N-dealkylation sites (N-methyl/N-ethyl adjacent to an activating group) is 1. The lowest BCUT2D eigenvalue weighted by Crippen LogP contribution is -2.38. The summed E-state index contributed by atoms with van der Waals surface area (Å²) in [5.41, 5.74) is 9.40. The Hall–Kier alpha value is -1.13. The molecule has 0 spiro atoms. The molecule has 1 atom stereocenters. The fourth-order valence-corrected chi connectivity index (χ4v) is 3.15. The second-order valence-corrected chi connectivity index (χ2v) is 6.03. The van der Waals surface area contributed by atoms with Crippen molar-refractivity contribution in [3.8, 4) is 0 Å². The van der Waals surface area contributed by atoms with Crippen LogP contribution in [0.1, 0.15) is 24.0 Å². The molecule has 0 radical (unpaired) electrons. The normalized spacial score (nSPS) is 19.2. The van der Waals surface area contributed by atoms with Crippen LogP contribution >= 0.6 is 12.2 Å². The van der Waals surface area contributed by atoms with Crippen molar-refractivity contribution in [2.45, 2.75) is 25.8 Å². The molecule has 0 saturated carbocycles. The zero-order valence-electron chi connectivity index (χ0n) is 12.0. The Kier molecular flexibility index (Phi) is 4.42. The molecule has 0 aromatic heterocycles. The van der Waals surface area contributed by atoms with E-state index in [-0.39, 0.29) is 0 Å². The van der Waals surface area contributed by atoms with Gasteiger partial charge in [-0.3, -0.25) is 0 Å². The number of hydrogen-bond donors (Lipinski definition) is 1. The van der Waals surface area contributed by atoms with Gasteiger partial charge in [0.2, 0.25) is 0 Å². The quantitative estimate of drug-likeness (QED) is 0.855. The van der Waals surface area contributed by atoms with Crippen LogP contribution in [0.4, 0.5) is 5.69 Å². The standard InChI is InChI=1S/C15H23N3S/c1-11-6-4-8-13(15(16)19)14(11)18-9-5-7-12(18)10-17(2)3/h4,6,8,12H,5,7,9-10H2,1-3H3,(H2,16,19). The number of thiocarbonyl (C=S) groups is 1. The second-order valence-electron chi connectivity index (χ2n) is 5.59. The molecule has 1 aromatic rings. The predicted molar refractivity (Wildman–Crippen MR) is 86.0 cm³/mol. The van der Waals surface area contributed by atoms with Crippen molar-refractivity contribution in [2.24, 2.45) is 5.73 Å². The van der Waals surface area contributed by atoms with E-state index in [2.05, 4.69) is 36.9 Å². The van der Waals surface area contributed by atoms with Crippen LogP contribution in [0.3, 0.4) is 0 Å². The molecule has 1 saturated heterocycles. The lowest BCUT2D eigenvalue weighted by atomic mass is 10.1. The maximum absolute atomic E-state index is 5.89. The zero-order chi connectivity index (χ0) is 14.0. The van der Waals surface area contributed by atoms with Crippen LogP contribution < -0.4 is 10.6 Å². The van der Waals surface area contributed by atoms with Gasteiger partial charge in [-0.1, -0.05) is 24.4 Å². The molecule has 1 aromatic carbocycles. The maximum atomic E-state index is 5.89. The van der Waals surface area contributed by atoms with Crippen LogP contribution in [-0.2, 0) is 0 Å². The third-order valence-electron chi connectivity index (χ3n) is 3.74. The van der Waals surface area contributed by atoms with Gasteiger partial charge < -0.3 is 15.5 Å². The molecule has 4 heteroatoms. The van der Waals surface area contributed by atoms with Crippen molar-refractivity contribution >= 4 is 22.9 Å². The van der Waals surface area contributed by atoms with Gasteiger partial charge in [-0.05, 0) is 45.5 Å². The fraction of sp³-hybridized carbons (Fsp3) is 0.533. The van der Waals surface area contributed by atoms with Crippen molar-refractivity contribution in [1.82, 2.24) is 4.90 Å². The monoisotopic (exact) mass is 277 g/mol. The van der Waals surface area contributed by atoms with E-state index in [4.69, 9.17) is 18.0 Å². The first kappa shape index (κ1) is 14.3. The number of nitrogens with zero attached hydrogens (tertiary/aromatic N) is 2. The molecule has 1 aliphatic heterocycles. The molecule has 3 nitrogen and oxygen atoms in total. The van der Waals surface area contributed by atoms with Crippen molar-refractivity contribution in [3.05, 3.63) is 29.3 Å². The summed E-state index contributed by atoms with van der Waals surface area (Å²) in [5.74, 6) is 0. The Morgan fingerprint density at radius 2 is 2.21 bits per heavy atom. The highest BCUT2D eigenvalue weighted by Crippen LogP contribution is 2.32. The van der Waals surface area contributed by atoms with Gasteiger partial charge in [0, 0.05) is 24.7 Å². The summed E-state index contributed by atoms with van der Waals surface area (Å²) < 4.78 is 0. The van der Waals surface area contributed by atoms with Crippen LogP contribution in [-0.4, -0.2) is 43.1 Å². The van der Waals surface area contributed by atoms with Gasteiger partial charge in [-0.25, -0.2) is 0 Å². The number of rotatable bonds is 4. The summed E-state index contributed by atoms with van der Waals surface area (Å²) in [6.07, 6.45) is 2.48. The first-order valence-corrected chi connectivity index (χ1v) is 7.22. The van der Waals surface area contributed by atoms with Crippen molar-refractivity contribution in [1.29, 1.82) is 0 Å². The smallest absolute Gasteiger partial charge is 0.106 e. The largest absolute Gasteiger partial charge is 0.389 e. The zero-order valence-corrected chi connectivity index (χ0v) is 12.8. The topological polar surface area (TPSA) is 32.5 Å². The van der Waals surface area contributed by atoms with Gasteiger partial charge in [0.15, 0.2) is 0 Å². The van der Waals surface area contributed by atoms with E-state index in [1.807, 2.05) is 12.1 Å². The first-order chi connectivity index (χ1) is 9.00. The minimum absolute atomic E-state index is 0.495. The SMILES string of the molecule is Cc1cccc(C(N)=S)c1N1CCCC1CN(C)C. The van der Waals surface area contributed by atoms with Gasteiger partial charge in [-0.15, -0.1) is 0 Å². The molecule has 0 bridgehead atoms. The minimum atomic E-state index is 0.495. The summed E-state index contributed by atoms with van der Waals surface area (Å²) in [7, 11) is 4.26. The molecule has 1 fully saturated rings. The number of nitrogens with two attached hydrogens (primary N) is 1. The minimum Gasteiger partial charge on any atom is -0.389 e.